The molecule has 0 radical (unpaired) electrons. The molecule has 3 aromatic rings. The van der Waals surface area contributed by atoms with Crippen molar-refractivity contribution in [1.82, 2.24) is 19.5 Å². The lowest BCUT2D eigenvalue weighted by Gasteiger charge is -2.36. The van der Waals surface area contributed by atoms with E-state index in [9.17, 15) is 17.1 Å². The molecule has 3 heterocycles. The fraction of sp³-hybridized carbons (Fsp3) is 0.455. The molecule has 1 saturated heterocycles. The van der Waals surface area contributed by atoms with Crippen LogP contribution in [0.25, 0.3) is 5.65 Å². The van der Waals surface area contributed by atoms with Crippen molar-refractivity contribution in [3.63, 3.8) is 0 Å². The molecule has 10 heteroatoms. The Hall–Kier alpha value is -2.33. The van der Waals surface area contributed by atoms with E-state index < -0.39 is 11.7 Å². The van der Waals surface area contributed by atoms with Gasteiger partial charge in [0.2, 0.25) is 0 Å². The fourth-order valence-electron chi connectivity index (χ4n) is 4.34. The first-order chi connectivity index (χ1) is 15.4. The van der Waals surface area contributed by atoms with Crippen LogP contribution in [0.2, 0.25) is 0 Å². The van der Waals surface area contributed by atoms with Gasteiger partial charge in [-0.1, -0.05) is 6.07 Å². The Morgan fingerprint density at radius 1 is 1.03 bits per heavy atom. The molecule has 0 bridgehead atoms. The summed E-state index contributed by atoms with van der Waals surface area (Å²) in [6.07, 6.45) is 0.0356. The van der Waals surface area contributed by atoms with Gasteiger partial charge in [0.05, 0.1) is 12.1 Å². The largest absolute Gasteiger partial charge is 0.420 e. The minimum Gasteiger partial charge on any atom is -0.369 e. The summed E-state index contributed by atoms with van der Waals surface area (Å²) < 4.78 is 56.5. The maximum Gasteiger partial charge on any atom is 0.420 e. The Morgan fingerprint density at radius 3 is 2.50 bits per heavy atom. The third-order valence-electron chi connectivity index (χ3n) is 6.23. The molecule has 1 aliphatic heterocycles. The van der Waals surface area contributed by atoms with Gasteiger partial charge in [0.15, 0.2) is 5.65 Å². The normalized spacial score (nSPS) is 17.9. The molecule has 5 nitrogen and oxygen atoms in total. The number of aromatic nitrogens is 3. The number of benzene rings is 1. The number of nitrogens with zero attached hydrogens (tertiary/aromatic N) is 5. The van der Waals surface area contributed by atoms with E-state index in [0.29, 0.717) is 49.2 Å². The lowest BCUT2D eigenvalue weighted by Crippen LogP contribution is -2.46. The standard InChI is InChI=1S/C22H23F4N5S/c23-22(24,25)20-16(6-7-31-19(12-15-4-5-15)27-28-21(20)31)14-29-8-10-30(11-9-29)17-2-1-3-18(13-17)32-26/h1-3,6-7,13,15H,4-5,8-12,14H2. The van der Waals surface area contributed by atoms with E-state index in [4.69, 9.17) is 0 Å². The van der Waals surface area contributed by atoms with Gasteiger partial charge in [-0.2, -0.15) is 17.1 Å². The molecule has 0 spiro atoms. The van der Waals surface area contributed by atoms with Crippen LogP contribution in [0.15, 0.2) is 41.4 Å². The predicted octanol–water partition coefficient (Wildman–Crippen LogP) is 5.00. The van der Waals surface area contributed by atoms with Crippen molar-refractivity contribution in [1.29, 1.82) is 0 Å². The Bertz CT molecular complexity index is 1100. The molecular weight excluding hydrogens is 442 g/mol. The van der Waals surface area contributed by atoms with E-state index in [1.807, 2.05) is 17.0 Å². The van der Waals surface area contributed by atoms with E-state index in [0.717, 1.165) is 18.5 Å². The first kappa shape index (κ1) is 21.5. The van der Waals surface area contributed by atoms with Crippen LogP contribution in [-0.4, -0.2) is 45.7 Å². The van der Waals surface area contributed by atoms with Crippen molar-refractivity contribution in [2.24, 2.45) is 5.92 Å². The van der Waals surface area contributed by atoms with Crippen LogP contribution in [-0.2, 0) is 19.1 Å². The van der Waals surface area contributed by atoms with Gasteiger partial charge in [0.1, 0.15) is 11.4 Å². The molecule has 0 N–H and O–H groups in total. The van der Waals surface area contributed by atoms with Crippen LogP contribution in [0.4, 0.5) is 22.7 Å². The second kappa shape index (κ2) is 8.55. The summed E-state index contributed by atoms with van der Waals surface area (Å²) in [6, 6.07) is 8.80. The van der Waals surface area contributed by atoms with Crippen LogP contribution in [0.3, 0.4) is 0 Å². The van der Waals surface area contributed by atoms with Gasteiger partial charge < -0.3 is 4.90 Å². The first-order valence-corrected chi connectivity index (χ1v) is 11.4. The Morgan fingerprint density at radius 2 is 1.81 bits per heavy atom. The highest BCUT2D eigenvalue weighted by Crippen LogP contribution is 2.37. The quantitative estimate of drug-likeness (QED) is 0.479. The third-order valence-corrected chi connectivity index (χ3v) is 6.66. The van der Waals surface area contributed by atoms with Crippen molar-refractivity contribution in [3.05, 3.63) is 53.5 Å². The molecule has 2 fully saturated rings. The van der Waals surface area contributed by atoms with Crippen LogP contribution in [0.1, 0.15) is 29.8 Å². The van der Waals surface area contributed by atoms with Crippen LogP contribution in [0.5, 0.6) is 0 Å². The van der Waals surface area contributed by atoms with Gasteiger partial charge in [0.25, 0.3) is 0 Å². The SMILES string of the molecule is FSc1cccc(N2CCN(Cc3ccn4c(CC5CC5)nnc4c3C(F)(F)F)CC2)c1. The molecule has 5 rings (SSSR count). The molecule has 0 atom stereocenters. The smallest absolute Gasteiger partial charge is 0.369 e. The second-order valence-electron chi connectivity index (χ2n) is 8.51. The summed E-state index contributed by atoms with van der Waals surface area (Å²) in [6.45, 7) is 2.77. The average Bonchev–Trinajstić information content (AvgIpc) is 3.52. The summed E-state index contributed by atoms with van der Waals surface area (Å²) in [5, 5.41) is 7.98. The Labute approximate surface area is 187 Å². The highest BCUT2D eigenvalue weighted by atomic mass is 32.2. The van der Waals surface area contributed by atoms with Crippen molar-refractivity contribution in [2.75, 3.05) is 31.1 Å². The van der Waals surface area contributed by atoms with Gasteiger partial charge >= 0.3 is 6.18 Å². The molecule has 1 aliphatic carbocycles. The fourth-order valence-corrected chi connectivity index (χ4v) is 4.63. The number of hydrogen-bond acceptors (Lipinski definition) is 5. The predicted molar refractivity (Wildman–Crippen MR) is 115 cm³/mol. The number of piperazine rings is 1. The van der Waals surface area contributed by atoms with Crippen molar-refractivity contribution in [2.45, 2.75) is 36.9 Å². The van der Waals surface area contributed by atoms with E-state index in [-0.39, 0.29) is 29.9 Å². The number of anilines is 1. The Balaban J connectivity index is 1.34. The van der Waals surface area contributed by atoms with Gasteiger partial charge in [-0.25, -0.2) is 0 Å². The molecule has 2 aromatic heterocycles. The summed E-state index contributed by atoms with van der Waals surface area (Å²) >= 11 is 0.206. The first-order valence-electron chi connectivity index (χ1n) is 10.7. The zero-order chi connectivity index (χ0) is 22.3. The second-order valence-corrected chi connectivity index (χ2v) is 9.13. The Kier molecular flexibility index (Phi) is 5.75. The molecular formula is C22H23F4N5S. The highest BCUT2D eigenvalue weighted by Gasteiger charge is 2.38. The molecule has 1 saturated carbocycles. The molecule has 2 aliphatic rings. The van der Waals surface area contributed by atoms with Crippen LogP contribution < -0.4 is 4.90 Å². The highest BCUT2D eigenvalue weighted by molar-refractivity contribution is 7.94. The van der Waals surface area contributed by atoms with Gasteiger partial charge in [-0.05, 0) is 48.6 Å². The van der Waals surface area contributed by atoms with Gasteiger partial charge in [-0.3, -0.25) is 9.30 Å². The number of hydrogen-bond donors (Lipinski definition) is 0. The minimum atomic E-state index is -4.51. The van der Waals surface area contributed by atoms with E-state index in [1.165, 1.54) is 4.40 Å². The number of pyridine rings is 1. The van der Waals surface area contributed by atoms with Crippen LogP contribution in [0, 0.1) is 5.92 Å². The lowest BCUT2D eigenvalue weighted by atomic mass is 10.1. The molecule has 0 unspecified atom stereocenters. The monoisotopic (exact) mass is 465 g/mol. The maximum absolute atomic E-state index is 14.0. The summed E-state index contributed by atoms with van der Waals surface area (Å²) in [4.78, 5) is 4.70. The van der Waals surface area contributed by atoms with Crippen molar-refractivity contribution in [3.8, 4) is 0 Å². The summed E-state index contributed by atoms with van der Waals surface area (Å²) in [5.74, 6) is 1.11. The van der Waals surface area contributed by atoms with Crippen molar-refractivity contribution >= 4 is 23.5 Å². The number of alkyl halides is 3. The van der Waals surface area contributed by atoms with Gasteiger partial charge in [0, 0.05) is 55.9 Å². The number of fused-ring (bicyclic) bond motifs is 1. The van der Waals surface area contributed by atoms with Crippen LogP contribution >= 0.6 is 12.1 Å². The zero-order valence-corrected chi connectivity index (χ0v) is 18.2. The number of rotatable bonds is 6. The molecule has 170 valence electrons. The summed E-state index contributed by atoms with van der Waals surface area (Å²) in [5.41, 5.74) is 0.352. The average molecular weight is 466 g/mol. The van der Waals surface area contributed by atoms with Crippen molar-refractivity contribution < 1.29 is 17.1 Å². The number of halogens is 4. The van der Waals surface area contributed by atoms with E-state index in [1.54, 1.807) is 24.4 Å². The maximum atomic E-state index is 14.0. The third kappa shape index (κ3) is 4.43. The molecule has 0 amide bonds. The molecule has 1 aromatic carbocycles. The molecule has 32 heavy (non-hydrogen) atoms. The lowest BCUT2D eigenvalue weighted by molar-refractivity contribution is -0.137. The zero-order valence-electron chi connectivity index (χ0n) is 17.4. The topological polar surface area (TPSA) is 36.7 Å². The summed E-state index contributed by atoms with van der Waals surface area (Å²) in [7, 11) is 0. The van der Waals surface area contributed by atoms with Gasteiger partial charge in [-0.15, -0.1) is 10.2 Å². The minimum absolute atomic E-state index is 0.107. The van der Waals surface area contributed by atoms with E-state index >= 15 is 0 Å². The van der Waals surface area contributed by atoms with E-state index in [2.05, 4.69) is 15.1 Å².